The second kappa shape index (κ2) is 5.77. The van der Waals surface area contributed by atoms with E-state index in [9.17, 15) is 9.90 Å². The minimum atomic E-state index is -0.713. The number of fused-ring (bicyclic) bond motifs is 1. The first-order chi connectivity index (χ1) is 9.68. The van der Waals surface area contributed by atoms with Crippen LogP contribution in [-0.4, -0.2) is 44.9 Å². The highest BCUT2D eigenvalue weighted by Gasteiger charge is 2.32. The number of nitrogens with zero attached hydrogens (tertiary/aromatic N) is 1. The minimum absolute atomic E-state index is 0.0269. The van der Waals surface area contributed by atoms with Crippen LogP contribution in [0.4, 0.5) is 0 Å². The van der Waals surface area contributed by atoms with E-state index < -0.39 is 5.60 Å². The van der Waals surface area contributed by atoms with Gasteiger partial charge in [0.2, 0.25) is 5.91 Å². The molecule has 1 atom stereocenters. The topological polar surface area (TPSA) is 78.0 Å². The number of hydrogen-bond acceptors (Lipinski definition) is 4. The van der Waals surface area contributed by atoms with Gasteiger partial charge in [-0.25, -0.2) is 0 Å². The molecule has 2 heterocycles. The van der Waals surface area contributed by atoms with Crippen LogP contribution in [0.1, 0.15) is 42.9 Å². The van der Waals surface area contributed by atoms with Crippen molar-refractivity contribution in [3.8, 4) is 0 Å². The van der Waals surface area contributed by atoms with E-state index in [1.807, 2.05) is 11.8 Å². The number of carbonyl (C=O) groups excluding carboxylic acids is 1. The molecule has 1 unspecified atom stereocenters. The molecule has 3 N–H and O–H groups in total. The van der Waals surface area contributed by atoms with Gasteiger partial charge in [0.15, 0.2) is 0 Å². The number of aromatic amines is 1. The molecule has 2 aliphatic rings. The summed E-state index contributed by atoms with van der Waals surface area (Å²) in [5, 5.41) is 20.4. The van der Waals surface area contributed by atoms with Gasteiger partial charge in [0, 0.05) is 17.8 Å². The summed E-state index contributed by atoms with van der Waals surface area (Å²) in [6.07, 6.45) is 6.14. The Kier molecular flexibility index (Phi) is 4.03. The highest BCUT2D eigenvalue weighted by atomic mass is 32.2. The van der Waals surface area contributed by atoms with Crippen molar-refractivity contribution in [1.82, 2.24) is 15.5 Å². The summed E-state index contributed by atoms with van der Waals surface area (Å²) in [4.78, 5) is 12.4. The van der Waals surface area contributed by atoms with Gasteiger partial charge in [-0.15, -0.1) is 0 Å². The first-order valence-corrected chi connectivity index (χ1v) is 8.43. The van der Waals surface area contributed by atoms with Crippen LogP contribution < -0.4 is 5.32 Å². The van der Waals surface area contributed by atoms with E-state index in [1.165, 1.54) is 0 Å². The van der Waals surface area contributed by atoms with E-state index in [1.54, 1.807) is 6.20 Å². The average molecular weight is 295 g/mol. The molecule has 1 amide bonds. The van der Waals surface area contributed by atoms with Gasteiger partial charge < -0.3 is 10.4 Å². The molecule has 6 heteroatoms. The standard InChI is InChI=1S/C14H21N3O2S/c18-13(15-9-14(19)4-6-20-7-5-14)10-2-1-3-12-11(10)8-16-17-12/h8,10,19H,1-7,9H2,(H,15,18)(H,16,17). The maximum Gasteiger partial charge on any atom is 0.227 e. The second-order valence-corrected chi connectivity index (χ2v) is 7.03. The van der Waals surface area contributed by atoms with E-state index >= 15 is 0 Å². The molecule has 0 aromatic carbocycles. The lowest BCUT2D eigenvalue weighted by molar-refractivity contribution is -0.124. The van der Waals surface area contributed by atoms with Gasteiger partial charge in [-0.05, 0) is 43.6 Å². The number of nitrogens with one attached hydrogen (secondary N) is 2. The Morgan fingerprint density at radius 1 is 1.55 bits per heavy atom. The molecule has 1 fully saturated rings. The fourth-order valence-corrected chi connectivity index (χ4v) is 4.29. The number of hydrogen-bond donors (Lipinski definition) is 3. The van der Waals surface area contributed by atoms with Crippen LogP contribution in [0.3, 0.4) is 0 Å². The first-order valence-electron chi connectivity index (χ1n) is 7.28. The van der Waals surface area contributed by atoms with Crippen LogP contribution in [0.5, 0.6) is 0 Å². The minimum Gasteiger partial charge on any atom is -0.388 e. The maximum atomic E-state index is 12.4. The zero-order valence-corrected chi connectivity index (χ0v) is 12.3. The summed E-state index contributed by atoms with van der Waals surface area (Å²) in [7, 11) is 0. The summed E-state index contributed by atoms with van der Waals surface area (Å²) < 4.78 is 0. The lowest BCUT2D eigenvalue weighted by atomic mass is 9.86. The summed E-state index contributed by atoms with van der Waals surface area (Å²) in [6, 6.07) is 0. The zero-order valence-electron chi connectivity index (χ0n) is 11.5. The molecule has 110 valence electrons. The third kappa shape index (κ3) is 2.86. The number of thioether (sulfide) groups is 1. The van der Waals surface area contributed by atoms with Gasteiger partial charge in [0.1, 0.15) is 0 Å². The number of carbonyl (C=O) groups is 1. The lowest BCUT2D eigenvalue weighted by Gasteiger charge is -2.32. The van der Waals surface area contributed by atoms with Gasteiger partial charge in [-0.3, -0.25) is 9.89 Å². The molecule has 0 bridgehead atoms. The van der Waals surface area contributed by atoms with Crippen LogP contribution >= 0.6 is 11.8 Å². The molecule has 1 aromatic heterocycles. The van der Waals surface area contributed by atoms with Crippen molar-refractivity contribution < 1.29 is 9.90 Å². The van der Waals surface area contributed by atoms with Crippen molar-refractivity contribution in [2.24, 2.45) is 0 Å². The molecular formula is C14H21N3O2S. The Morgan fingerprint density at radius 3 is 3.15 bits per heavy atom. The van der Waals surface area contributed by atoms with Crippen LogP contribution in [0.2, 0.25) is 0 Å². The van der Waals surface area contributed by atoms with E-state index in [-0.39, 0.29) is 11.8 Å². The van der Waals surface area contributed by atoms with Crippen LogP contribution in [0.25, 0.3) is 0 Å². The van der Waals surface area contributed by atoms with Crippen molar-refractivity contribution in [2.75, 3.05) is 18.1 Å². The smallest absolute Gasteiger partial charge is 0.227 e. The number of amides is 1. The zero-order chi connectivity index (χ0) is 14.0. The average Bonchev–Trinajstić information content (AvgIpc) is 2.94. The predicted molar refractivity (Wildman–Crippen MR) is 78.8 cm³/mol. The second-order valence-electron chi connectivity index (χ2n) is 5.80. The number of H-pyrrole nitrogens is 1. The van der Waals surface area contributed by atoms with Crippen molar-refractivity contribution >= 4 is 17.7 Å². The summed E-state index contributed by atoms with van der Waals surface area (Å²) in [6.45, 7) is 0.371. The molecule has 0 spiro atoms. The Morgan fingerprint density at radius 2 is 2.35 bits per heavy atom. The predicted octanol–water partition coefficient (Wildman–Crippen LogP) is 1.20. The SMILES string of the molecule is O=C(NCC1(O)CCSCC1)C1CCCc2[nH]ncc21. The highest BCUT2D eigenvalue weighted by Crippen LogP contribution is 2.31. The van der Waals surface area contributed by atoms with Gasteiger partial charge in [0.25, 0.3) is 0 Å². The lowest BCUT2D eigenvalue weighted by Crippen LogP contribution is -2.46. The third-order valence-corrected chi connectivity index (χ3v) is 5.36. The van der Waals surface area contributed by atoms with Gasteiger partial charge in [-0.2, -0.15) is 16.9 Å². The molecule has 1 aliphatic carbocycles. The van der Waals surface area contributed by atoms with Crippen LogP contribution in [-0.2, 0) is 11.2 Å². The molecule has 0 saturated carbocycles. The highest BCUT2D eigenvalue weighted by molar-refractivity contribution is 7.99. The van der Waals surface area contributed by atoms with E-state index in [2.05, 4.69) is 15.5 Å². The fraction of sp³-hybridized carbons (Fsp3) is 0.714. The van der Waals surface area contributed by atoms with Crippen molar-refractivity contribution in [3.63, 3.8) is 0 Å². The first kappa shape index (κ1) is 13.9. The molecule has 1 saturated heterocycles. The van der Waals surface area contributed by atoms with E-state index in [4.69, 9.17) is 0 Å². The normalized spacial score (nSPS) is 24.9. The van der Waals surface area contributed by atoms with E-state index in [0.717, 1.165) is 54.9 Å². The summed E-state index contributed by atoms with van der Waals surface area (Å²) in [5.41, 5.74) is 1.40. The van der Waals surface area contributed by atoms with Crippen molar-refractivity contribution in [3.05, 3.63) is 17.5 Å². The number of aliphatic hydroxyl groups is 1. The Bertz CT molecular complexity index is 483. The summed E-state index contributed by atoms with van der Waals surface area (Å²) in [5.74, 6) is 1.86. The fourth-order valence-electron chi connectivity index (χ4n) is 3.04. The largest absolute Gasteiger partial charge is 0.388 e. The monoisotopic (exact) mass is 295 g/mol. The number of rotatable bonds is 3. The van der Waals surface area contributed by atoms with Crippen LogP contribution in [0.15, 0.2) is 6.20 Å². The molecule has 0 radical (unpaired) electrons. The summed E-state index contributed by atoms with van der Waals surface area (Å²) >= 11 is 1.87. The van der Waals surface area contributed by atoms with Crippen molar-refractivity contribution in [2.45, 2.75) is 43.6 Å². The molecule has 3 rings (SSSR count). The Hall–Kier alpha value is -1.01. The third-order valence-electron chi connectivity index (χ3n) is 4.38. The van der Waals surface area contributed by atoms with Gasteiger partial charge in [-0.1, -0.05) is 0 Å². The van der Waals surface area contributed by atoms with Gasteiger partial charge >= 0.3 is 0 Å². The number of aromatic nitrogens is 2. The Labute approximate surface area is 122 Å². The van der Waals surface area contributed by atoms with Gasteiger partial charge in [0.05, 0.1) is 17.7 Å². The molecule has 5 nitrogen and oxygen atoms in total. The quantitative estimate of drug-likeness (QED) is 0.783. The molecular weight excluding hydrogens is 274 g/mol. The molecule has 1 aliphatic heterocycles. The maximum absolute atomic E-state index is 12.4. The number of aryl methyl sites for hydroxylation is 1. The molecule has 20 heavy (non-hydrogen) atoms. The van der Waals surface area contributed by atoms with E-state index in [0.29, 0.717) is 6.54 Å². The van der Waals surface area contributed by atoms with Crippen LogP contribution in [0, 0.1) is 0 Å². The van der Waals surface area contributed by atoms with Crippen molar-refractivity contribution in [1.29, 1.82) is 0 Å². The Balaban J connectivity index is 1.60. The molecule has 1 aromatic rings.